The van der Waals surface area contributed by atoms with Crippen molar-refractivity contribution >= 4 is 17.3 Å². The maximum atomic E-state index is 4.47. The molecule has 7 nitrogen and oxygen atoms in total. The number of fused-ring (bicyclic) bond motifs is 1. The van der Waals surface area contributed by atoms with Crippen LogP contribution in [0.15, 0.2) is 42.3 Å². The minimum absolute atomic E-state index is 0.426. The van der Waals surface area contributed by atoms with E-state index in [1.54, 1.807) is 23.7 Å². The monoisotopic (exact) mass is 341 g/mol. The van der Waals surface area contributed by atoms with Gasteiger partial charge in [-0.2, -0.15) is 5.10 Å². The lowest BCUT2D eigenvalue weighted by molar-refractivity contribution is 0.225. The Hall–Kier alpha value is -2.32. The number of thiazole rings is 1. The molecular formula is C16H19N7S. The number of hydrogen-bond donors (Lipinski definition) is 1. The second-order valence-corrected chi connectivity index (χ2v) is 6.90. The molecule has 3 aromatic heterocycles. The van der Waals surface area contributed by atoms with Gasteiger partial charge in [0.2, 0.25) is 5.95 Å². The van der Waals surface area contributed by atoms with Crippen LogP contribution >= 0.6 is 11.3 Å². The van der Waals surface area contributed by atoms with Crippen molar-refractivity contribution in [3.8, 4) is 0 Å². The maximum absolute atomic E-state index is 4.47. The largest absolute Gasteiger partial charge is 0.354 e. The molecule has 0 aromatic carbocycles. The van der Waals surface area contributed by atoms with Gasteiger partial charge >= 0.3 is 0 Å². The van der Waals surface area contributed by atoms with Crippen LogP contribution in [-0.4, -0.2) is 42.7 Å². The molecule has 24 heavy (non-hydrogen) atoms. The molecule has 1 aliphatic heterocycles. The fourth-order valence-corrected chi connectivity index (χ4v) is 3.68. The number of rotatable bonds is 5. The highest BCUT2D eigenvalue weighted by atomic mass is 32.1. The fourth-order valence-electron chi connectivity index (χ4n) is 3.02. The van der Waals surface area contributed by atoms with Gasteiger partial charge in [0.15, 0.2) is 0 Å². The molecule has 1 N–H and O–H groups in total. The fraction of sp³-hybridized carbons (Fsp3) is 0.375. The molecule has 0 bridgehead atoms. The van der Waals surface area contributed by atoms with Crippen molar-refractivity contribution < 1.29 is 0 Å². The van der Waals surface area contributed by atoms with Crippen molar-refractivity contribution in [2.45, 2.75) is 19.6 Å². The Morgan fingerprint density at radius 2 is 2.04 bits per heavy atom. The van der Waals surface area contributed by atoms with Gasteiger partial charge in [-0.3, -0.25) is 9.58 Å². The molecule has 0 fully saturated rings. The van der Waals surface area contributed by atoms with Crippen LogP contribution in [-0.2, 0) is 19.6 Å². The van der Waals surface area contributed by atoms with E-state index in [-0.39, 0.29) is 0 Å². The van der Waals surface area contributed by atoms with Crippen molar-refractivity contribution in [2.75, 3.05) is 18.4 Å². The topological polar surface area (TPSA) is 71.8 Å². The Labute approximate surface area is 144 Å². The first kappa shape index (κ1) is 15.2. The van der Waals surface area contributed by atoms with Crippen LogP contribution in [0.2, 0.25) is 0 Å². The van der Waals surface area contributed by atoms with Crippen LogP contribution in [0.1, 0.15) is 10.7 Å². The second kappa shape index (κ2) is 7.06. The van der Waals surface area contributed by atoms with E-state index in [0.717, 1.165) is 37.7 Å². The third-order valence-electron chi connectivity index (χ3n) is 4.09. The predicted octanol–water partition coefficient (Wildman–Crippen LogP) is 1.87. The van der Waals surface area contributed by atoms with Gasteiger partial charge in [0.25, 0.3) is 0 Å². The molecular weight excluding hydrogens is 322 g/mol. The van der Waals surface area contributed by atoms with E-state index in [0.29, 0.717) is 11.9 Å². The van der Waals surface area contributed by atoms with E-state index >= 15 is 0 Å². The Bertz CT molecular complexity index is 756. The highest BCUT2D eigenvalue weighted by molar-refractivity contribution is 7.09. The Morgan fingerprint density at radius 1 is 1.12 bits per heavy atom. The van der Waals surface area contributed by atoms with Gasteiger partial charge in [-0.1, -0.05) is 0 Å². The standard InChI is InChI=1S/C16H19N7S/c1-3-18-16(19-4-1)20-8-13-9-22(12-15-17-6-7-24-15)11-14-2-5-21-23(14)10-13/h1-7,13H,8-12H2,(H,18,19,20)/t13-/m1/s1. The lowest BCUT2D eigenvalue weighted by atomic mass is 10.1. The molecule has 0 unspecified atom stereocenters. The van der Waals surface area contributed by atoms with Crippen LogP contribution in [0.25, 0.3) is 0 Å². The van der Waals surface area contributed by atoms with Gasteiger partial charge in [0, 0.05) is 62.3 Å². The quantitative estimate of drug-likeness (QED) is 0.764. The Morgan fingerprint density at radius 3 is 2.88 bits per heavy atom. The summed E-state index contributed by atoms with van der Waals surface area (Å²) < 4.78 is 2.11. The first-order valence-corrected chi connectivity index (χ1v) is 8.87. The molecule has 0 aliphatic carbocycles. The highest BCUT2D eigenvalue weighted by Gasteiger charge is 2.23. The van der Waals surface area contributed by atoms with Gasteiger partial charge < -0.3 is 5.32 Å². The Kier molecular flexibility index (Phi) is 4.48. The average molecular weight is 341 g/mol. The summed E-state index contributed by atoms with van der Waals surface area (Å²) >= 11 is 1.71. The van der Waals surface area contributed by atoms with Crippen molar-refractivity contribution in [3.05, 3.63) is 53.0 Å². The summed E-state index contributed by atoms with van der Waals surface area (Å²) in [5.74, 6) is 1.10. The molecule has 0 saturated heterocycles. The minimum Gasteiger partial charge on any atom is -0.354 e. The van der Waals surface area contributed by atoms with Crippen LogP contribution in [0.3, 0.4) is 0 Å². The lowest BCUT2D eigenvalue weighted by Crippen LogP contribution is -2.31. The molecule has 4 rings (SSSR count). The molecule has 1 atom stereocenters. The molecule has 0 spiro atoms. The van der Waals surface area contributed by atoms with Crippen molar-refractivity contribution in [1.29, 1.82) is 0 Å². The van der Waals surface area contributed by atoms with Crippen LogP contribution in [0, 0.1) is 5.92 Å². The summed E-state index contributed by atoms with van der Waals surface area (Å²) in [5.41, 5.74) is 1.25. The number of hydrogen-bond acceptors (Lipinski definition) is 7. The number of nitrogens with zero attached hydrogens (tertiary/aromatic N) is 6. The smallest absolute Gasteiger partial charge is 0.222 e. The van der Waals surface area contributed by atoms with Crippen molar-refractivity contribution in [1.82, 2.24) is 29.6 Å². The van der Waals surface area contributed by atoms with E-state index in [9.17, 15) is 0 Å². The molecule has 0 radical (unpaired) electrons. The second-order valence-electron chi connectivity index (χ2n) is 5.92. The molecule has 8 heteroatoms. The van der Waals surface area contributed by atoms with E-state index < -0.39 is 0 Å². The van der Waals surface area contributed by atoms with Gasteiger partial charge in [0.05, 0.1) is 12.2 Å². The van der Waals surface area contributed by atoms with E-state index in [4.69, 9.17) is 0 Å². The van der Waals surface area contributed by atoms with Crippen LogP contribution in [0.5, 0.6) is 0 Å². The minimum atomic E-state index is 0.426. The molecule has 1 aliphatic rings. The van der Waals surface area contributed by atoms with Gasteiger partial charge in [-0.25, -0.2) is 15.0 Å². The van der Waals surface area contributed by atoms with Crippen molar-refractivity contribution in [2.24, 2.45) is 5.92 Å². The maximum Gasteiger partial charge on any atom is 0.222 e. The first-order chi connectivity index (χ1) is 11.9. The number of aromatic nitrogens is 5. The predicted molar refractivity (Wildman–Crippen MR) is 92.5 cm³/mol. The first-order valence-electron chi connectivity index (χ1n) is 7.99. The molecule has 124 valence electrons. The van der Waals surface area contributed by atoms with Gasteiger partial charge in [0.1, 0.15) is 5.01 Å². The molecule has 4 heterocycles. The summed E-state index contributed by atoms with van der Waals surface area (Å²) in [6, 6.07) is 3.92. The average Bonchev–Trinajstić information content (AvgIpc) is 3.23. The zero-order valence-electron chi connectivity index (χ0n) is 13.2. The van der Waals surface area contributed by atoms with E-state index in [1.807, 2.05) is 23.8 Å². The summed E-state index contributed by atoms with van der Waals surface area (Å²) in [5, 5.41) is 11.0. The van der Waals surface area contributed by atoms with Gasteiger partial charge in [-0.05, 0) is 12.1 Å². The van der Waals surface area contributed by atoms with Crippen molar-refractivity contribution in [3.63, 3.8) is 0 Å². The summed E-state index contributed by atoms with van der Waals surface area (Å²) in [7, 11) is 0. The number of anilines is 1. The van der Waals surface area contributed by atoms with Crippen LogP contribution in [0.4, 0.5) is 5.95 Å². The highest BCUT2D eigenvalue weighted by Crippen LogP contribution is 2.19. The van der Waals surface area contributed by atoms with E-state index in [2.05, 4.69) is 41.0 Å². The third kappa shape index (κ3) is 3.60. The number of nitrogens with one attached hydrogen (secondary N) is 1. The summed E-state index contributed by atoms with van der Waals surface area (Å²) in [6.07, 6.45) is 7.26. The lowest BCUT2D eigenvalue weighted by Gasteiger charge is -2.23. The summed E-state index contributed by atoms with van der Waals surface area (Å²) in [6.45, 7) is 4.48. The van der Waals surface area contributed by atoms with E-state index in [1.165, 1.54) is 5.69 Å². The molecule has 3 aromatic rings. The third-order valence-corrected chi connectivity index (χ3v) is 4.86. The molecule has 0 saturated carbocycles. The zero-order chi connectivity index (χ0) is 16.2. The van der Waals surface area contributed by atoms with Crippen LogP contribution < -0.4 is 5.32 Å². The summed E-state index contributed by atoms with van der Waals surface area (Å²) in [4.78, 5) is 15.3. The SMILES string of the molecule is c1cnc(NC[C@@H]2CN(Cc3nccs3)Cc3ccnn3C2)nc1. The molecule has 0 amide bonds. The van der Waals surface area contributed by atoms with Gasteiger partial charge in [-0.15, -0.1) is 11.3 Å². The normalized spacial score (nSPS) is 18.1. The zero-order valence-corrected chi connectivity index (χ0v) is 14.1. The Balaban J connectivity index is 1.46.